The third-order valence-corrected chi connectivity index (χ3v) is 9.56. The van der Waals surface area contributed by atoms with Crippen LogP contribution in [0.1, 0.15) is 0 Å². The van der Waals surface area contributed by atoms with Gasteiger partial charge < -0.3 is 0 Å². The number of para-hydroxylation sites is 6. The van der Waals surface area contributed by atoms with Crippen LogP contribution in [0.3, 0.4) is 0 Å². The SMILES string of the molecule is c1ccc(-c2nc(-c3ccccc3)nc(-c3cc(-c4nc5ccccc5n4-c4ccccc4)cc(-c4nc5ccccc5n4-c4ccccc4)c3)n2)cc1. The summed E-state index contributed by atoms with van der Waals surface area (Å²) >= 11 is 0. The molecule has 7 aromatic carbocycles. The molecule has 0 amide bonds. The molecule has 0 saturated heterocycles. The lowest BCUT2D eigenvalue weighted by atomic mass is 10.0. The maximum Gasteiger partial charge on any atom is 0.164 e. The fourth-order valence-corrected chi connectivity index (χ4v) is 7.07. The highest BCUT2D eigenvalue weighted by Crippen LogP contribution is 2.37. The third-order valence-electron chi connectivity index (χ3n) is 9.56. The highest BCUT2D eigenvalue weighted by Gasteiger charge is 2.21. The van der Waals surface area contributed by atoms with E-state index in [0.717, 1.165) is 72.9 Å². The smallest absolute Gasteiger partial charge is 0.164 e. The van der Waals surface area contributed by atoms with E-state index in [0.29, 0.717) is 17.5 Å². The standard InChI is InChI=1S/C47H31N7/c1-5-17-32(18-6-1)43-50-44(33-19-7-2-8-20-33)52-45(51-43)34-29-35(46-48-39-25-13-15-27-41(39)53(46)37-21-9-3-10-22-37)31-36(30-34)47-49-40-26-14-16-28-42(40)54(47)38-23-11-4-12-24-38/h1-31H. The van der Waals surface area contributed by atoms with Crippen LogP contribution in [-0.2, 0) is 0 Å². The van der Waals surface area contributed by atoms with E-state index >= 15 is 0 Å². The molecular formula is C47H31N7. The van der Waals surface area contributed by atoms with Crippen molar-refractivity contribution >= 4 is 22.1 Å². The lowest BCUT2D eigenvalue weighted by molar-refractivity contribution is 1.07. The summed E-state index contributed by atoms with van der Waals surface area (Å²) in [5.74, 6) is 3.34. The Kier molecular flexibility index (Phi) is 7.66. The molecule has 254 valence electrons. The molecule has 0 fully saturated rings. The topological polar surface area (TPSA) is 74.3 Å². The Bertz CT molecular complexity index is 2720. The number of imidazole rings is 2. The fourth-order valence-electron chi connectivity index (χ4n) is 7.07. The van der Waals surface area contributed by atoms with E-state index < -0.39 is 0 Å². The molecule has 0 N–H and O–H groups in total. The number of aromatic nitrogens is 7. The van der Waals surface area contributed by atoms with Gasteiger partial charge in [-0.25, -0.2) is 24.9 Å². The van der Waals surface area contributed by atoms with Gasteiger partial charge in [-0.3, -0.25) is 9.13 Å². The van der Waals surface area contributed by atoms with E-state index in [2.05, 4.69) is 112 Å². The summed E-state index contributed by atoms with van der Waals surface area (Å²) in [5, 5.41) is 0. The summed E-state index contributed by atoms with van der Waals surface area (Å²) in [6.07, 6.45) is 0. The summed E-state index contributed by atoms with van der Waals surface area (Å²) < 4.78 is 4.44. The van der Waals surface area contributed by atoms with Gasteiger partial charge in [-0.05, 0) is 66.7 Å². The molecule has 7 heteroatoms. The molecule has 0 bridgehead atoms. The zero-order chi connectivity index (χ0) is 35.8. The van der Waals surface area contributed by atoms with Gasteiger partial charge in [0, 0.05) is 39.2 Å². The number of hydrogen-bond donors (Lipinski definition) is 0. The molecule has 0 spiro atoms. The van der Waals surface area contributed by atoms with Crippen LogP contribution in [0.4, 0.5) is 0 Å². The summed E-state index contributed by atoms with van der Waals surface area (Å²) in [4.78, 5) is 25.8. The molecule has 0 aliphatic rings. The van der Waals surface area contributed by atoms with E-state index in [9.17, 15) is 0 Å². The normalized spacial score (nSPS) is 11.3. The first-order chi connectivity index (χ1) is 26.8. The largest absolute Gasteiger partial charge is 0.292 e. The van der Waals surface area contributed by atoms with Gasteiger partial charge in [-0.1, -0.05) is 121 Å². The van der Waals surface area contributed by atoms with Crippen molar-refractivity contribution in [3.05, 3.63) is 188 Å². The minimum atomic E-state index is 0.551. The second kappa shape index (κ2) is 13.2. The van der Waals surface area contributed by atoms with Crippen LogP contribution >= 0.6 is 0 Å². The molecule has 0 atom stereocenters. The molecule has 54 heavy (non-hydrogen) atoms. The molecule has 0 aliphatic carbocycles. The highest BCUT2D eigenvalue weighted by molar-refractivity contribution is 5.88. The number of hydrogen-bond acceptors (Lipinski definition) is 5. The van der Waals surface area contributed by atoms with Crippen molar-refractivity contribution < 1.29 is 0 Å². The fraction of sp³-hybridized carbons (Fsp3) is 0. The molecule has 3 aromatic heterocycles. The van der Waals surface area contributed by atoms with Crippen LogP contribution < -0.4 is 0 Å². The molecular weight excluding hydrogens is 663 g/mol. The average Bonchev–Trinajstić information content (AvgIpc) is 3.84. The molecule has 3 heterocycles. The minimum Gasteiger partial charge on any atom is -0.292 e. The average molecular weight is 694 g/mol. The quantitative estimate of drug-likeness (QED) is 0.166. The van der Waals surface area contributed by atoms with Crippen molar-refractivity contribution in [2.45, 2.75) is 0 Å². The molecule has 10 aromatic rings. The lowest BCUT2D eigenvalue weighted by Gasteiger charge is -2.15. The van der Waals surface area contributed by atoms with E-state index in [1.54, 1.807) is 0 Å². The second-order valence-electron chi connectivity index (χ2n) is 13.0. The molecule has 0 aliphatic heterocycles. The predicted octanol–water partition coefficient (Wildman–Crippen LogP) is 10.9. The van der Waals surface area contributed by atoms with Gasteiger partial charge in [0.15, 0.2) is 17.5 Å². The first-order valence-corrected chi connectivity index (χ1v) is 17.9. The molecule has 0 saturated carbocycles. The monoisotopic (exact) mass is 693 g/mol. The second-order valence-corrected chi connectivity index (χ2v) is 13.0. The number of fused-ring (bicyclic) bond motifs is 2. The molecule has 7 nitrogen and oxygen atoms in total. The number of rotatable bonds is 7. The van der Waals surface area contributed by atoms with Crippen LogP contribution in [0.2, 0.25) is 0 Å². The summed E-state index contributed by atoms with van der Waals surface area (Å²) in [5.41, 5.74) is 10.3. The van der Waals surface area contributed by atoms with Crippen LogP contribution in [0.5, 0.6) is 0 Å². The van der Waals surface area contributed by atoms with E-state index in [1.807, 2.05) is 84.9 Å². The molecule has 0 unspecified atom stereocenters. The predicted molar refractivity (Wildman–Crippen MR) is 216 cm³/mol. The lowest BCUT2D eigenvalue weighted by Crippen LogP contribution is -2.02. The van der Waals surface area contributed by atoms with E-state index in [1.165, 1.54) is 0 Å². The van der Waals surface area contributed by atoms with Crippen molar-refractivity contribution in [2.75, 3.05) is 0 Å². The van der Waals surface area contributed by atoms with Crippen LogP contribution in [-0.4, -0.2) is 34.1 Å². The van der Waals surface area contributed by atoms with Gasteiger partial charge in [0.2, 0.25) is 0 Å². The Morgan fingerprint density at radius 3 is 1.04 bits per heavy atom. The first kappa shape index (κ1) is 31.2. The van der Waals surface area contributed by atoms with Crippen molar-refractivity contribution in [3.63, 3.8) is 0 Å². The summed E-state index contributed by atoms with van der Waals surface area (Å²) in [6, 6.07) is 63.8. The van der Waals surface area contributed by atoms with Crippen molar-refractivity contribution in [1.82, 2.24) is 34.1 Å². The van der Waals surface area contributed by atoms with Gasteiger partial charge in [0.25, 0.3) is 0 Å². The third kappa shape index (κ3) is 5.61. The highest BCUT2D eigenvalue weighted by atomic mass is 15.1. The maximum atomic E-state index is 5.27. The van der Waals surface area contributed by atoms with Crippen LogP contribution in [0.15, 0.2) is 188 Å². The van der Waals surface area contributed by atoms with E-state index in [4.69, 9.17) is 24.9 Å². The Morgan fingerprint density at radius 1 is 0.278 bits per heavy atom. The van der Waals surface area contributed by atoms with Gasteiger partial charge in [-0.2, -0.15) is 0 Å². The van der Waals surface area contributed by atoms with Crippen molar-refractivity contribution in [3.8, 4) is 68.3 Å². The Labute approximate surface area is 311 Å². The zero-order valence-corrected chi connectivity index (χ0v) is 29.0. The Hall–Kier alpha value is -7.51. The van der Waals surface area contributed by atoms with Gasteiger partial charge >= 0.3 is 0 Å². The zero-order valence-electron chi connectivity index (χ0n) is 29.0. The Balaban J connectivity index is 1.28. The van der Waals surface area contributed by atoms with E-state index in [-0.39, 0.29) is 0 Å². The van der Waals surface area contributed by atoms with Crippen molar-refractivity contribution in [1.29, 1.82) is 0 Å². The number of nitrogens with zero attached hydrogens (tertiary/aromatic N) is 7. The molecule has 10 rings (SSSR count). The van der Waals surface area contributed by atoms with Crippen LogP contribution in [0, 0.1) is 0 Å². The minimum absolute atomic E-state index is 0.551. The van der Waals surface area contributed by atoms with Crippen molar-refractivity contribution in [2.24, 2.45) is 0 Å². The van der Waals surface area contributed by atoms with Gasteiger partial charge in [-0.15, -0.1) is 0 Å². The Morgan fingerprint density at radius 2 is 0.611 bits per heavy atom. The maximum absolute atomic E-state index is 5.27. The van der Waals surface area contributed by atoms with Crippen LogP contribution in [0.25, 0.3) is 90.4 Å². The number of benzene rings is 7. The first-order valence-electron chi connectivity index (χ1n) is 17.9. The summed E-state index contributed by atoms with van der Waals surface area (Å²) in [6.45, 7) is 0. The van der Waals surface area contributed by atoms with Gasteiger partial charge in [0.1, 0.15) is 11.6 Å². The summed E-state index contributed by atoms with van der Waals surface area (Å²) in [7, 11) is 0. The molecule has 0 radical (unpaired) electrons. The van der Waals surface area contributed by atoms with Gasteiger partial charge in [0.05, 0.1) is 22.1 Å².